The van der Waals surface area contributed by atoms with Crippen LogP contribution >= 0.6 is 11.6 Å². The largest absolute Gasteiger partial charge is 0.337 e. The van der Waals surface area contributed by atoms with Gasteiger partial charge in [0.15, 0.2) is 0 Å². The number of halogens is 1. The minimum atomic E-state index is -3.77. The first-order valence-electron chi connectivity index (χ1n) is 8.13. The molecule has 0 bridgehead atoms. The number of anilines is 1. The van der Waals surface area contributed by atoms with Crippen molar-refractivity contribution in [1.82, 2.24) is 5.16 Å². The molecule has 1 fully saturated rings. The summed E-state index contributed by atoms with van der Waals surface area (Å²) in [5.41, 5.74) is 2.26. The summed E-state index contributed by atoms with van der Waals surface area (Å²) in [5.74, 6) is 0.545. The fourth-order valence-corrected chi connectivity index (χ4v) is 4.80. The molecular weight excluding hydrogens is 348 g/mol. The Bertz CT molecular complexity index is 840. The Labute approximate surface area is 147 Å². The van der Waals surface area contributed by atoms with Gasteiger partial charge in [-0.2, -0.15) is 0 Å². The number of sulfonamides is 1. The lowest BCUT2D eigenvalue weighted by Gasteiger charge is -2.19. The van der Waals surface area contributed by atoms with Gasteiger partial charge in [-0.25, -0.2) is 13.1 Å². The van der Waals surface area contributed by atoms with Gasteiger partial charge in [-0.05, 0) is 44.4 Å². The molecule has 1 N–H and O–H groups in total. The first kappa shape index (κ1) is 17.3. The number of rotatable bonds is 4. The van der Waals surface area contributed by atoms with Crippen molar-refractivity contribution in [3.63, 3.8) is 0 Å². The molecule has 0 unspecified atom stereocenters. The van der Waals surface area contributed by atoms with Crippen LogP contribution in [0.2, 0.25) is 5.02 Å². The molecule has 0 atom stereocenters. The second kappa shape index (κ2) is 6.76. The van der Waals surface area contributed by atoms with Gasteiger partial charge in [0.1, 0.15) is 0 Å². The van der Waals surface area contributed by atoms with E-state index in [2.05, 4.69) is 9.88 Å². The van der Waals surface area contributed by atoms with Crippen LogP contribution in [0.3, 0.4) is 0 Å². The summed E-state index contributed by atoms with van der Waals surface area (Å²) in [6, 6.07) is 4.78. The van der Waals surface area contributed by atoms with Gasteiger partial charge in [0.05, 0.1) is 10.6 Å². The molecule has 7 heteroatoms. The topological polar surface area (TPSA) is 72.2 Å². The summed E-state index contributed by atoms with van der Waals surface area (Å²) < 4.78 is 33.1. The highest BCUT2D eigenvalue weighted by Gasteiger charge is 2.26. The quantitative estimate of drug-likeness (QED) is 0.841. The molecular formula is C17H21ClN2O3S. The summed E-state index contributed by atoms with van der Waals surface area (Å²) in [5, 5.41) is 4.50. The number of benzene rings is 1. The van der Waals surface area contributed by atoms with Crippen molar-refractivity contribution in [3.05, 3.63) is 40.0 Å². The van der Waals surface area contributed by atoms with E-state index in [1.165, 1.54) is 25.3 Å². The van der Waals surface area contributed by atoms with E-state index in [4.69, 9.17) is 16.1 Å². The molecule has 1 aromatic carbocycles. The summed E-state index contributed by atoms with van der Waals surface area (Å²) in [6.07, 6.45) is 5.76. The van der Waals surface area contributed by atoms with Gasteiger partial charge in [-0.1, -0.05) is 42.1 Å². The Balaban J connectivity index is 1.88. The fraction of sp³-hybridized carbons (Fsp3) is 0.471. The number of hydrogen-bond donors (Lipinski definition) is 1. The molecule has 1 heterocycles. The molecule has 0 amide bonds. The van der Waals surface area contributed by atoms with Crippen LogP contribution < -0.4 is 4.72 Å². The van der Waals surface area contributed by atoms with Gasteiger partial charge in [0.2, 0.25) is 5.88 Å². The van der Waals surface area contributed by atoms with E-state index in [-0.39, 0.29) is 10.8 Å². The lowest BCUT2D eigenvalue weighted by molar-refractivity contribution is 0.387. The Hall–Kier alpha value is -1.53. The molecule has 24 heavy (non-hydrogen) atoms. The first-order valence-corrected chi connectivity index (χ1v) is 10.00. The summed E-state index contributed by atoms with van der Waals surface area (Å²) in [7, 11) is -3.77. The monoisotopic (exact) mass is 368 g/mol. The van der Waals surface area contributed by atoms with Crippen LogP contribution in [-0.2, 0) is 10.0 Å². The number of aryl methyl sites for hydroxylation is 1. The molecule has 1 aliphatic carbocycles. The van der Waals surface area contributed by atoms with Crippen LogP contribution in [0.1, 0.15) is 54.8 Å². The SMILES string of the molecule is Cc1ccc(Cl)cc1S(=O)(=O)Nc1onc(C2CCCCC2)c1C. The summed E-state index contributed by atoms with van der Waals surface area (Å²) >= 11 is 5.93. The Morgan fingerprint density at radius 1 is 1.21 bits per heavy atom. The highest BCUT2D eigenvalue weighted by Crippen LogP contribution is 2.36. The van der Waals surface area contributed by atoms with Gasteiger partial charge in [-0.3, -0.25) is 0 Å². The summed E-state index contributed by atoms with van der Waals surface area (Å²) in [4.78, 5) is 0.144. The zero-order chi connectivity index (χ0) is 17.3. The molecule has 0 spiro atoms. The lowest BCUT2D eigenvalue weighted by Crippen LogP contribution is -2.14. The number of nitrogens with one attached hydrogen (secondary N) is 1. The zero-order valence-electron chi connectivity index (χ0n) is 13.8. The highest BCUT2D eigenvalue weighted by atomic mass is 35.5. The average molecular weight is 369 g/mol. The Kier molecular flexibility index (Phi) is 4.88. The number of aromatic nitrogens is 1. The van der Waals surface area contributed by atoms with Crippen molar-refractivity contribution in [2.24, 2.45) is 0 Å². The standard InChI is InChI=1S/C17H21ClN2O3S/c1-11-8-9-14(18)10-15(11)24(21,22)20-17-12(2)16(19-23-17)13-6-4-3-5-7-13/h8-10,13,20H,3-7H2,1-2H3. The van der Waals surface area contributed by atoms with E-state index < -0.39 is 10.0 Å². The van der Waals surface area contributed by atoms with E-state index >= 15 is 0 Å². The first-order chi connectivity index (χ1) is 11.4. The van der Waals surface area contributed by atoms with Gasteiger partial charge in [-0.15, -0.1) is 0 Å². The molecule has 1 aromatic heterocycles. The molecule has 130 valence electrons. The maximum Gasteiger partial charge on any atom is 0.264 e. The van der Waals surface area contributed by atoms with E-state index in [9.17, 15) is 8.42 Å². The fourth-order valence-electron chi connectivity index (χ4n) is 3.24. The molecule has 1 aliphatic rings. The second-order valence-electron chi connectivity index (χ2n) is 6.37. The maximum absolute atomic E-state index is 12.7. The predicted molar refractivity (Wildman–Crippen MR) is 94.1 cm³/mol. The molecule has 5 nitrogen and oxygen atoms in total. The smallest absolute Gasteiger partial charge is 0.264 e. The normalized spacial score (nSPS) is 16.3. The van der Waals surface area contributed by atoms with Crippen LogP contribution in [0.15, 0.2) is 27.6 Å². The second-order valence-corrected chi connectivity index (χ2v) is 8.46. The molecule has 2 aromatic rings. The van der Waals surface area contributed by atoms with Crippen molar-refractivity contribution >= 4 is 27.5 Å². The van der Waals surface area contributed by atoms with Gasteiger partial charge in [0, 0.05) is 16.5 Å². The minimum Gasteiger partial charge on any atom is -0.337 e. The third kappa shape index (κ3) is 3.44. The number of nitrogens with zero attached hydrogens (tertiary/aromatic N) is 1. The van der Waals surface area contributed by atoms with Gasteiger partial charge in [0.25, 0.3) is 10.0 Å². The van der Waals surface area contributed by atoms with Crippen LogP contribution in [0, 0.1) is 13.8 Å². The number of hydrogen-bond acceptors (Lipinski definition) is 4. The minimum absolute atomic E-state index is 0.144. The Morgan fingerprint density at radius 3 is 2.62 bits per heavy atom. The van der Waals surface area contributed by atoms with Crippen molar-refractivity contribution in [2.75, 3.05) is 4.72 Å². The van der Waals surface area contributed by atoms with Gasteiger partial charge >= 0.3 is 0 Å². The van der Waals surface area contributed by atoms with Crippen LogP contribution in [0.4, 0.5) is 5.88 Å². The lowest BCUT2D eigenvalue weighted by atomic mass is 9.86. The van der Waals surface area contributed by atoms with Gasteiger partial charge < -0.3 is 4.52 Å². The Morgan fingerprint density at radius 2 is 1.92 bits per heavy atom. The average Bonchev–Trinajstić information content (AvgIpc) is 2.91. The molecule has 1 saturated carbocycles. The van der Waals surface area contributed by atoms with E-state index in [1.54, 1.807) is 19.1 Å². The zero-order valence-corrected chi connectivity index (χ0v) is 15.4. The van der Waals surface area contributed by atoms with Crippen molar-refractivity contribution < 1.29 is 12.9 Å². The molecule has 0 saturated heterocycles. The van der Waals surface area contributed by atoms with Crippen molar-refractivity contribution in [2.45, 2.75) is 56.8 Å². The summed E-state index contributed by atoms with van der Waals surface area (Å²) in [6.45, 7) is 3.58. The third-order valence-electron chi connectivity index (χ3n) is 4.62. The molecule has 3 rings (SSSR count). The van der Waals surface area contributed by atoms with Crippen molar-refractivity contribution in [1.29, 1.82) is 0 Å². The van der Waals surface area contributed by atoms with E-state index in [0.29, 0.717) is 16.5 Å². The predicted octanol–water partition coefficient (Wildman–Crippen LogP) is 4.79. The van der Waals surface area contributed by atoms with E-state index in [0.717, 1.165) is 24.1 Å². The molecule has 0 radical (unpaired) electrons. The maximum atomic E-state index is 12.7. The third-order valence-corrected chi connectivity index (χ3v) is 6.33. The highest BCUT2D eigenvalue weighted by molar-refractivity contribution is 7.92. The van der Waals surface area contributed by atoms with E-state index in [1.807, 2.05) is 6.92 Å². The van der Waals surface area contributed by atoms with Crippen LogP contribution in [-0.4, -0.2) is 13.6 Å². The molecule has 0 aliphatic heterocycles. The van der Waals surface area contributed by atoms with Crippen molar-refractivity contribution in [3.8, 4) is 0 Å². The van der Waals surface area contributed by atoms with Crippen LogP contribution in [0.25, 0.3) is 0 Å². The van der Waals surface area contributed by atoms with Crippen LogP contribution in [0.5, 0.6) is 0 Å².